The number of halogens is 3. The molecule has 3 aromatic heterocycles. The molecule has 4 aromatic rings. The number of aryl methyl sites for hydroxylation is 2. The molecule has 4 rings (SSSR count). The van der Waals surface area contributed by atoms with Crippen molar-refractivity contribution in [3.63, 3.8) is 0 Å². The zero-order valence-electron chi connectivity index (χ0n) is 21.3. The molecule has 3 heterocycles. The van der Waals surface area contributed by atoms with Crippen LogP contribution in [0.3, 0.4) is 0 Å². The van der Waals surface area contributed by atoms with E-state index in [1.165, 1.54) is 21.4 Å². The van der Waals surface area contributed by atoms with Gasteiger partial charge in [0.1, 0.15) is 28.7 Å². The first-order chi connectivity index (χ1) is 17.2. The third kappa shape index (κ3) is 5.10. The monoisotopic (exact) mass is 518 g/mol. The number of benzene rings is 1. The summed E-state index contributed by atoms with van der Waals surface area (Å²) in [5, 5.41) is 14.1. The summed E-state index contributed by atoms with van der Waals surface area (Å²) in [6, 6.07) is 7.94. The molecular formula is C25H23Cl2FN4O3. The Morgan fingerprint density at radius 2 is 1.94 bits per heavy atom. The van der Waals surface area contributed by atoms with E-state index in [-0.39, 0.29) is 21.4 Å². The van der Waals surface area contributed by atoms with Crippen LogP contribution in [0.2, 0.25) is 10.0 Å². The van der Waals surface area contributed by atoms with Gasteiger partial charge in [-0.3, -0.25) is 9.36 Å². The fraction of sp³-hybridized carbons (Fsp3) is 0.240. The molecule has 182 valence electrons. The molecule has 1 N–H and O–H groups in total. The lowest BCUT2D eigenvalue weighted by Crippen LogP contribution is -2.23. The van der Waals surface area contributed by atoms with Gasteiger partial charge in [0.2, 0.25) is 0 Å². The molecule has 0 aliphatic rings. The van der Waals surface area contributed by atoms with Crippen LogP contribution in [0.15, 0.2) is 53.6 Å². The van der Waals surface area contributed by atoms with E-state index in [9.17, 15) is 14.3 Å². The standard InChI is InChI=1S/C25H23Cl2FN4O3/c1-14-12-29-22(31-8-7-21(30-31)25(3,4)34)11-19(14)32-15(2)9-20(23(27)24(32)33)35-13-16-5-6-17(28)10-18(16)26/h5-12,34H,13H2,1-4H3/i13D2. The minimum atomic E-state index is -2.50. The van der Waals surface area contributed by atoms with E-state index in [1.807, 2.05) is 0 Å². The Morgan fingerprint density at radius 3 is 2.60 bits per heavy atom. The molecule has 35 heavy (non-hydrogen) atoms. The molecule has 0 radical (unpaired) electrons. The molecule has 0 bridgehead atoms. The lowest BCUT2D eigenvalue weighted by molar-refractivity contribution is 0.0734. The lowest BCUT2D eigenvalue weighted by Gasteiger charge is -2.17. The quantitative estimate of drug-likeness (QED) is 0.375. The third-order valence-corrected chi connectivity index (χ3v) is 5.91. The number of rotatable bonds is 6. The maximum Gasteiger partial charge on any atom is 0.277 e. The predicted octanol–water partition coefficient (Wildman–Crippen LogP) is 5.29. The van der Waals surface area contributed by atoms with E-state index >= 15 is 0 Å². The van der Waals surface area contributed by atoms with Crippen LogP contribution in [0.25, 0.3) is 11.5 Å². The summed E-state index contributed by atoms with van der Waals surface area (Å²) in [6.45, 7) is 4.16. The van der Waals surface area contributed by atoms with Gasteiger partial charge in [0.25, 0.3) is 5.56 Å². The number of aliphatic hydroxyl groups is 1. The average Bonchev–Trinajstić information content (AvgIpc) is 3.29. The SMILES string of the molecule is [2H]C([2H])(Oc1cc(C)n(-c2cc(-n3ccc(C(C)(C)O)n3)ncc2C)c(=O)c1Cl)c1ccc(F)cc1Cl. The molecule has 0 spiro atoms. The van der Waals surface area contributed by atoms with Gasteiger partial charge in [-0.05, 0) is 51.5 Å². The number of hydrogen-bond donors (Lipinski definition) is 1. The van der Waals surface area contributed by atoms with Crippen molar-refractivity contribution in [2.45, 2.75) is 39.9 Å². The number of nitrogens with zero attached hydrogens (tertiary/aromatic N) is 4. The molecule has 10 heteroatoms. The van der Waals surface area contributed by atoms with Gasteiger partial charge in [-0.15, -0.1) is 0 Å². The van der Waals surface area contributed by atoms with Crippen molar-refractivity contribution >= 4 is 23.2 Å². The van der Waals surface area contributed by atoms with Crippen LogP contribution >= 0.6 is 23.2 Å². The van der Waals surface area contributed by atoms with Crippen LogP contribution in [0, 0.1) is 19.7 Å². The van der Waals surface area contributed by atoms with Gasteiger partial charge in [0, 0.05) is 35.8 Å². The Kier molecular flexibility index (Phi) is 6.01. The first-order valence-corrected chi connectivity index (χ1v) is 11.3. The summed E-state index contributed by atoms with van der Waals surface area (Å²) in [7, 11) is 0. The van der Waals surface area contributed by atoms with Crippen molar-refractivity contribution < 1.29 is 17.0 Å². The molecule has 0 amide bonds. The van der Waals surface area contributed by atoms with Gasteiger partial charge in [-0.2, -0.15) is 5.10 Å². The molecule has 7 nitrogen and oxygen atoms in total. The second kappa shape index (κ2) is 9.45. The van der Waals surface area contributed by atoms with Crippen LogP contribution in [-0.4, -0.2) is 24.4 Å². The number of pyridine rings is 2. The molecule has 0 saturated heterocycles. The number of hydrogen-bond acceptors (Lipinski definition) is 5. The van der Waals surface area contributed by atoms with Crippen LogP contribution in [-0.2, 0) is 12.2 Å². The predicted molar refractivity (Wildman–Crippen MR) is 132 cm³/mol. The van der Waals surface area contributed by atoms with Crippen molar-refractivity contribution in [3.05, 3.63) is 97.5 Å². The topological polar surface area (TPSA) is 82.2 Å². The van der Waals surface area contributed by atoms with Crippen LogP contribution in [0.5, 0.6) is 5.75 Å². The fourth-order valence-corrected chi connectivity index (χ4v) is 3.77. The van der Waals surface area contributed by atoms with Crippen molar-refractivity contribution in [2.24, 2.45) is 0 Å². The smallest absolute Gasteiger partial charge is 0.277 e. The molecule has 1 aromatic carbocycles. The number of ether oxygens (including phenoxy) is 1. The summed E-state index contributed by atoms with van der Waals surface area (Å²) in [5.41, 5.74) is 0.0999. The Balaban J connectivity index is 1.76. The normalized spacial score (nSPS) is 12.9. The molecule has 0 unspecified atom stereocenters. The highest BCUT2D eigenvalue weighted by atomic mass is 35.5. The van der Waals surface area contributed by atoms with Crippen molar-refractivity contribution in [1.82, 2.24) is 19.3 Å². The largest absolute Gasteiger partial charge is 0.487 e. The molecule has 0 fully saturated rings. The first-order valence-electron chi connectivity index (χ1n) is 11.5. The van der Waals surface area contributed by atoms with E-state index in [0.29, 0.717) is 28.5 Å². The van der Waals surface area contributed by atoms with Crippen molar-refractivity contribution in [3.8, 4) is 17.3 Å². The summed E-state index contributed by atoms with van der Waals surface area (Å²) in [5.74, 6) is -0.416. The zero-order valence-corrected chi connectivity index (χ0v) is 20.8. The first kappa shape index (κ1) is 22.3. The van der Waals surface area contributed by atoms with Gasteiger partial charge < -0.3 is 9.84 Å². The van der Waals surface area contributed by atoms with Crippen LogP contribution in [0.1, 0.15) is 39.1 Å². The number of aromatic nitrogens is 4. The minimum absolute atomic E-state index is 0.118. The summed E-state index contributed by atoms with van der Waals surface area (Å²) < 4.78 is 38.4. The van der Waals surface area contributed by atoms with E-state index in [2.05, 4.69) is 10.1 Å². The lowest BCUT2D eigenvalue weighted by atomic mass is 10.1. The third-order valence-electron chi connectivity index (χ3n) is 5.25. The Hall–Kier alpha value is -3.20. The van der Waals surface area contributed by atoms with Gasteiger partial charge in [0.15, 0.2) is 5.82 Å². The highest BCUT2D eigenvalue weighted by Crippen LogP contribution is 2.27. The highest BCUT2D eigenvalue weighted by molar-refractivity contribution is 6.32. The van der Waals surface area contributed by atoms with Gasteiger partial charge >= 0.3 is 0 Å². The maximum atomic E-state index is 13.4. The summed E-state index contributed by atoms with van der Waals surface area (Å²) in [4.78, 5) is 17.7. The average molecular weight is 519 g/mol. The molecule has 0 atom stereocenters. The Bertz CT molecular complexity index is 1560. The fourth-order valence-electron chi connectivity index (χ4n) is 3.38. The summed E-state index contributed by atoms with van der Waals surface area (Å²) in [6.07, 6.45) is 3.23. The maximum absolute atomic E-state index is 13.4. The van der Waals surface area contributed by atoms with Crippen molar-refractivity contribution in [2.75, 3.05) is 0 Å². The molecule has 0 saturated carbocycles. The minimum Gasteiger partial charge on any atom is -0.487 e. The highest BCUT2D eigenvalue weighted by Gasteiger charge is 2.21. The second-order valence-corrected chi connectivity index (χ2v) is 9.25. The summed E-state index contributed by atoms with van der Waals surface area (Å²) >= 11 is 12.4. The van der Waals surface area contributed by atoms with Gasteiger partial charge in [0.05, 0.1) is 19.1 Å². The van der Waals surface area contributed by atoms with Gasteiger partial charge in [-0.1, -0.05) is 29.3 Å². The van der Waals surface area contributed by atoms with Gasteiger partial charge in [-0.25, -0.2) is 14.1 Å². The molecular weight excluding hydrogens is 494 g/mol. The van der Waals surface area contributed by atoms with E-state index < -0.39 is 23.5 Å². The molecule has 0 aliphatic heterocycles. The van der Waals surface area contributed by atoms with Crippen LogP contribution < -0.4 is 10.3 Å². The Morgan fingerprint density at radius 1 is 1.20 bits per heavy atom. The second-order valence-electron chi connectivity index (χ2n) is 8.47. The van der Waals surface area contributed by atoms with Crippen LogP contribution in [0.4, 0.5) is 4.39 Å². The zero-order chi connectivity index (χ0) is 27.3. The van der Waals surface area contributed by atoms with E-state index in [1.54, 1.807) is 52.2 Å². The Labute approximate surface area is 214 Å². The van der Waals surface area contributed by atoms with E-state index in [0.717, 1.165) is 12.1 Å². The molecule has 0 aliphatic carbocycles. The van der Waals surface area contributed by atoms with E-state index in [4.69, 9.17) is 30.7 Å². The van der Waals surface area contributed by atoms with Crippen molar-refractivity contribution in [1.29, 1.82) is 0 Å².